The summed E-state index contributed by atoms with van der Waals surface area (Å²) in [7, 11) is 0. The average molecular weight is 259 g/mol. The second-order valence-corrected chi connectivity index (χ2v) is 5.97. The number of hydrazine groups is 1. The van der Waals surface area contributed by atoms with Gasteiger partial charge in [0.1, 0.15) is 0 Å². The van der Waals surface area contributed by atoms with E-state index in [-0.39, 0.29) is 6.04 Å². The van der Waals surface area contributed by atoms with Crippen LogP contribution in [-0.2, 0) is 0 Å². The van der Waals surface area contributed by atoms with Crippen LogP contribution in [0.4, 0.5) is 0 Å². The zero-order valence-corrected chi connectivity index (χ0v) is 11.0. The molecule has 0 bridgehead atoms. The Balaban J connectivity index is 2.06. The van der Waals surface area contributed by atoms with Crippen LogP contribution < -0.4 is 11.3 Å². The molecule has 1 aromatic carbocycles. The molecule has 1 aliphatic rings. The second-order valence-electron chi connectivity index (χ2n) is 4.62. The molecule has 3 rings (SSSR count). The van der Waals surface area contributed by atoms with Crippen molar-refractivity contribution in [3.8, 4) is 0 Å². The molecule has 18 heavy (non-hydrogen) atoms. The third-order valence-corrected chi connectivity index (χ3v) is 4.98. The van der Waals surface area contributed by atoms with Crippen molar-refractivity contribution < 1.29 is 0 Å². The molecule has 2 unspecified atom stereocenters. The number of benzene rings is 1. The van der Waals surface area contributed by atoms with Crippen molar-refractivity contribution >= 4 is 22.7 Å². The van der Waals surface area contributed by atoms with Gasteiger partial charge in [0.2, 0.25) is 0 Å². The lowest BCUT2D eigenvalue weighted by Gasteiger charge is -2.23. The van der Waals surface area contributed by atoms with Crippen molar-refractivity contribution in [2.24, 2.45) is 5.84 Å². The maximum atomic E-state index is 5.78. The molecule has 1 saturated heterocycles. The average Bonchev–Trinajstić information content (AvgIpc) is 2.94. The highest BCUT2D eigenvalue weighted by atomic mass is 32.2. The molecule has 2 atom stereocenters. The topological polar surface area (TPSA) is 50.9 Å². The largest absolute Gasteiger partial charge is 0.271 e. The molecular formula is C14H17N3S. The molecule has 2 aromatic rings. The van der Waals surface area contributed by atoms with Crippen molar-refractivity contribution in [3.05, 3.63) is 42.1 Å². The summed E-state index contributed by atoms with van der Waals surface area (Å²) in [5.41, 5.74) is 5.27. The number of nitrogens with two attached hydrogens (primary N) is 1. The first kappa shape index (κ1) is 12.0. The van der Waals surface area contributed by atoms with Crippen LogP contribution in [0.15, 0.2) is 36.5 Å². The Kier molecular flexibility index (Phi) is 3.50. The van der Waals surface area contributed by atoms with Crippen LogP contribution in [-0.4, -0.2) is 16.0 Å². The number of nitrogens with zero attached hydrogens (tertiary/aromatic N) is 1. The quantitative estimate of drug-likeness (QED) is 0.657. The molecule has 1 aromatic heterocycles. The minimum Gasteiger partial charge on any atom is -0.271 e. The number of para-hydroxylation sites is 1. The van der Waals surface area contributed by atoms with Crippen LogP contribution in [0.3, 0.4) is 0 Å². The summed E-state index contributed by atoms with van der Waals surface area (Å²) >= 11 is 2.01. The first-order valence-corrected chi connectivity index (χ1v) is 7.36. The van der Waals surface area contributed by atoms with E-state index in [1.165, 1.54) is 29.5 Å². The standard InChI is InChI=1S/C14H17N3S/c15-17-14(12-7-3-9-18-12)11-6-1-4-10-5-2-8-16-13(10)11/h1-2,4-6,8,12,14,17H,3,7,9,15H2. The summed E-state index contributed by atoms with van der Waals surface area (Å²) in [6.07, 6.45) is 4.36. The fraction of sp³-hybridized carbons (Fsp3) is 0.357. The Morgan fingerprint density at radius 2 is 2.22 bits per heavy atom. The minimum absolute atomic E-state index is 0.191. The molecule has 0 aliphatic carbocycles. The first-order chi connectivity index (χ1) is 8.90. The number of hydrogen-bond donors (Lipinski definition) is 2. The summed E-state index contributed by atoms with van der Waals surface area (Å²) in [5, 5.41) is 1.74. The van der Waals surface area contributed by atoms with Gasteiger partial charge in [0.25, 0.3) is 0 Å². The third-order valence-electron chi connectivity index (χ3n) is 3.52. The summed E-state index contributed by atoms with van der Waals surface area (Å²) in [6, 6.07) is 10.6. The van der Waals surface area contributed by atoms with Crippen molar-refractivity contribution in [1.29, 1.82) is 0 Å². The first-order valence-electron chi connectivity index (χ1n) is 6.31. The van der Waals surface area contributed by atoms with Gasteiger partial charge in [0.15, 0.2) is 0 Å². The van der Waals surface area contributed by atoms with Gasteiger partial charge in [-0.25, -0.2) is 0 Å². The summed E-state index contributed by atoms with van der Waals surface area (Å²) in [4.78, 5) is 4.52. The van der Waals surface area contributed by atoms with E-state index in [0.717, 1.165) is 5.52 Å². The maximum Gasteiger partial charge on any atom is 0.0750 e. The number of nitrogens with one attached hydrogen (secondary N) is 1. The molecule has 0 spiro atoms. The van der Waals surface area contributed by atoms with Gasteiger partial charge in [-0.15, -0.1) is 0 Å². The molecule has 3 N–H and O–H groups in total. The Morgan fingerprint density at radius 3 is 3.00 bits per heavy atom. The molecule has 94 valence electrons. The van der Waals surface area contributed by atoms with Gasteiger partial charge in [0.05, 0.1) is 11.6 Å². The van der Waals surface area contributed by atoms with Crippen LogP contribution in [0.5, 0.6) is 0 Å². The molecule has 0 saturated carbocycles. The molecule has 0 amide bonds. The van der Waals surface area contributed by atoms with Gasteiger partial charge >= 0.3 is 0 Å². The highest BCUT2D eigenvalue weighted by Gasteiger charge is 2.27. The predicted molar refractivity (Wildman–Crippen MR) is 77.3 cm³/mol. The maximum absolute atomic E-state index is 5.78. The van der Waals surface area contributed by atoms with E-state index >= 15 is 0 Å². The van der Waals surface area contributed by atoms with Gasteiger partial charge in [0, 0.05) is 16.8 Å². The van der Waals surface area contributed by atoms with E-state index in [1.54, 1.807) is 0 Å². The van der Waals surface area contributed by atoms with Gasteiger partial charge in [-0.1, -0.05) is 24.3 Å². The highest BCUT2D eigenvalue weighted by molar-refractivity contribution is 8.00. The lowest BCUT2D eigenvalue weighted by Crippen LogP contribution is -2.34. The lowest BCUT2D eigenvalue weighted by atomic mass is 9.98. The SMILES string of the molecule is NNC(c1cccc2cccnc12)C1CCCS1. The fourth-order valence-electron chi connectivity index (χ4n) is 2.64. The lowest BCUT2D eigenvalue weighted by molar-refractivity contribution is 0.523. The second kappa shape index (κ2) is 5.26. The van der Waals surface area contributed by atoms with Crippen molar-refractivity contribution in [3.63, 3.8) is 0 Å². The van der Waals surface area contributed by atoms with Crippen LogP contribution in [0, 0.1) is 0 Å². The van der Waals surface area contributed by atoms with Crippen molar-refractivity contribution in [2.75, 3.05) is 5.75 Å². The van der Waals surface area contributed by atoms with E-state index in [9.17, 15) is 0 Å². The number of thioether (sulfide) groups is 1. The van der Waals surface area contributed by atoms with Crippen LogP contribution in [0.2, 0.25) is 0 Å². The van der Waals surface area contributed by atoms with Gasteiger partial charge in [-0.05, 0) is 30.2 Å². The number of pyridine rings is 1. The monoisotopic (exact) mass is 259 g/mol. The Morgan fingerprint density at radius 1 is 1.33 bits per heavy atom. The normalized spacial score (nSPS) is 21.3. The minimum atomic E-state index is 0.191. The number of rotatable bonds is 3. The third kappa shape index (κ3) is 2.11. The van der Waals surface area contributed by atoms with Crippen molar-refractivity contribution in [2.45, 2.75) is 24.1 Å². The molecule has 2 heterocycles. The smallest absolute Gasteiger partial charge is 0.0750 e. The number of aromatic nitrogens is 1. The van der Waals surface area contributed by atoms with Crippen LogP contribution in [0.1, 0.15) is 24.4 Å². The zero-order chi connectivity index (χ0) is 12.4. The van der Waals surface area contributed by atoms with Gasteiger partial charge in [-0.2, -0.15) is 11.8 Å². The van der Waals surface area contributed by atoms with Gasteiger partial charge in [-0.3, -0.25) is 16.3 Å². The van der Waals surface area contributed by atoms with E-state index in [4.69, 9.17) is 5.84 Å². The summed E-state index contributed by atoms with van der Waals surface area (Å²) < 4.78 is 0. The number of hydrogen-bond acceptors (Lipinski definition) is 4. The predicted octanol–water partition coefficient (Wildman–Crippen LogP) is 2.63. The molecule has 3 nitrogen and oxygen atoms in total. The van der Waals surface area contributed by atoms with Crippen LogP contribution in [0.25, 0.3) is 10.9 Å². The molecule has 1 aliphatic heterocycles. The Bertz CT molecular complexity index is 532. The fourth-order valence-corrected chi connectivity index (χ4v) is 4.03. The Labute approximate surface area is 111 Å². The van der Waals surface area contributed by atoms with E-state index < -0.39 is 0 Å². The molecule has 1 fully saturated rings. The molecule has 0 radical (unpaired) electrons. The van der Waals surface area contributed by atoms with Gasteiger partial charge < -0.3 is 0 Å². The number of fused-ring (bicyclic) bond motifs is 1. The van der Waals surface area contributed by atoms with E-state index in [2.05, 4.69) is 34.7 Å². The van der Waals surface area contributed by atoms with E-state index in [0.29, 0.717) is 5.25 Å². The van der Waals surface area contributed by atoms with Crippen LogP contribution >= 0.6 is 11.8 Å². The summed E-state index contributed by atoms with van der Waals surface area (Å²) in [6.45, 7) is 0. The summed E-state index contributed by atoms with van der Waals surface area (Å²) in [5.74, 6) is 7.02. The Hall–Kier alpha value is -1.10. The molecular weight excluding hydrogens is 242 g/mol. The molecule has 4 heteroatoms. The van der Waals surface area contributed by atoms with Crippen molar-refractivity contribution in [1.82, 2.24) is 10.4 Å². The highest BCUT2D eigenvalue weighted by Crippen LogP contribution is 2.37. The van der Waals surface area contributed by atoms with E-state index in [1.807, 2.05) is 24.0 Å². The zero-order valence-electron chi connectivity index (χ0n) is 10.2.